The van der Waals surface area contributed by atoms with Crippen LogP contribution in [0.25, 0.3) is 11.5 Å². The predicted octanol–water partition coefficient (Wildman–Crippen LogP) is 3.60. The molecule has 35 heavy (non-hydrogen) atoms. The Labute approximate surface area is 204 Å². The van der Waals surface area contributed by atoms with Crippen LogP contribution in [0.5, 0.6) is 0 Å². The molecular weight excluding hydrogens is 468 g/mol. The van der Waals surface area contributed by atoms with Crippen molar-refractivity contribution >= 4 is 27.3 Å². The lowest BCUT2D eigenvalue weighted by Gasteiger charge is -2.07. The van der Waals surface area contributed by atoms with Crippen LogP contribution in [0.15, 0.2) is 70.1 Å². The van der Waals surface area contributed by atoms with Crippen molar-refractivity contribution in [1.82, 2.24) is 20.2 Å². The van der Waals surface area contributed by atoms with Gasteiger partial charge in [0.2, 0.25) is 11.8 Å². The molecule has 0 aliphatic carbocycles. The van der Waals surface area contributed by atoms with Gasteiger partial charge >= 0.3 is 0 Å². The number of aromatic nitrogens is 4. The van der Waals surface area contributed by atoms with Gasteiger partial charge in [-0.2, -0.15) is 4.98 Å². The molecule has 0 atom stereocenters. The molecule has 11 heteroatoms. The fourth-order valence-electron chi connectivity index (χ4n) is 2.89. The summed E-state index contributed by atoms with van der Waals surface area (Å²) in [6.45, 7) is 4.13. The molecule has 0 aliphatic rings. The maximum Gasteiger partial charge on any atom is 0.253 e. The van der Waals surface area contributed by atoms with Crippen molar-refractivity contribution in [3.05, 3.63) is 72.2 Å². The number of anilines is 3. The largest absolute Gasteiger partial charge is 0.420 e. The first-order valence-electron chi connectivity index (χ1n) is 10.9. The molecule has 10 nitrogen and oxygen atoms in total. The van der Waals surface area contributed by atoms with E-state index in [1.165, 1.54) is 23.9 Å². The van der Waals surface area contributed by atoms with Gasteiger partial charge in [0.25, 0.3) is 5.89 Å². The van der Waals surface area contributed by atoms with E-state index in [2.05, 4.69) is 25.5 Å². The second-order valence-corrected chi connectivity index (χ2v) is 9.99. The van der Waals surface area contributed by atoms with Gasteiger partial charge in [0.1, 0.15) is 5.82 Å². The lowest BCUT2D eigenvalue weighted by molar-refractivity contribution is 0.299. The molecule has 4 rings (SSSR count). The van der Waals surface area contributed by atoms with Crippen LogP contribution in [0.3, 0.4) is 0 Å². The Kier molecular flexibility index (Phi) is 8.50. The van der Waals surface area contributed by atoms with E-state index in [1.54, 1.807) is 12.1 Å². The van der Waals surface area contributed by atoms with Crippen molar-refractivity contribution in [2.24, 2.45) is 0 Å². The molecule has 0 amide bonds. The molecule has 4 N–H and O–H groups in total. The molecule has 0 unspecified atom stereocenters. The number of aliphatic hydroxyl groups is 1. The molecule has 0 bridgehead atoms. The molecule has 0 aliphatic heterocycles. The monoisotopic (exact) mass is 496 g/mol. The number of aliphatic hydroxyl groups excluding tert-OH is 1. The molecule has 184 valence electrons. The zero-order chi connectivity index (χ0) is 25.4. The molecule has 2 aromatic carbocycles. The fraction of sp³-hybridized carbons (Fsp3) is 0.250. The van der Waals surface area contributed by atoms with Crippen molar-refractivity contribution in [1.29, 1.82) is 0 Å². The Morgan fingerprint density at radius 1 is 1.06 bits per heavy atom. The van der Waals surface area contributed by atoms with Crippen molar-refractivity contribution in [3.63, 3.8) is 0 Å². The minimum atomic E-state index is -3.24. The minimum Gasteiger partial charge on any atom is -0.420 e. The number of sulfone groups is 1. The predicted molar refractivity (Wildman–Crippen MR) is 134 cm³/mol. The van der Waals surface area contributed by atoms with Crippen LogP contribution >= 0.6 is 0 Å². The van der Waals surface area contributed by atoms with Gasteiger partial charge < -0.3 is 20.6 Å². The first-order chi connectivity index (χ1) is 16.7. The van der Waals surface area contributed by atoms with Gasteiger partial charge in [-0.05, 0) is 36.2 Å². The summed E-state index contributed by atoms with van der Waals surface area (Å²) in [5.41, 5.74) is 8.25. The quantitative estimate of drug-likeness (QED) is 0.345. The first kappa shape index (κ1) is 25.8. The van der Waals surface area contributed by atoms with Gasteiger partial charge in [0.15, 0.2) is 9.84 Å². The summed E-state index contributed by atoms with van der Waals surface area (Å²) >= 11 is 0. The normalized spacial score (nSPS) is 11.1. The van der Waals surface area contributed by atoms with Crippen LogP contribution in [0.4, 0.5) is 17.5 Å². The van der Waals surface area contributed by atoms with Crippen LogP contribution in [0.1, 0.15) is 31.2 Å². The summed E-state index contributed by atoms with van der Waals surface area (Å²) in [5.74, 6) is 1.33. The SMILES string of the molecule is CC(C)c1nnc(-c2cnc(Nc3ccc(S(C)(=O)=O)cc3)nc2N)o1.OCCc1ccccc1. The highest BCUT2D eigenvalue weighted by Crippen LogP contribution is 2.26. The van der Waals surface area contributed by atoms with E-state index in [0.29, 0.717) is 17.1 Å². The number of nitrogens with two attached hydrogens (primary N) is 1. The molecular formula is C24H28N6O4S. The van der Waals surface area contributed by atoms with E-state index < -0.39 is 9.84 Å². The Balaban J connectivity index is 0.000000320. The molecule has 0 fully saturated rings. The highest BCUT2D eigenvalue weighted by molar-refractivity contribution is 7.90. The van der Waals surface area contributed by atoms with Crippen LogP contribution in [0, 0.1) is 0 Å². The van der Waals surface area contributed by atoms with E-state index >= 15 is 0 Å². The highest BCUT2D eigenvalue weighted by Gasteiger charge is 2.16. The summed E-state index contributed by atoms with van der Waals surface area (Å²) in [6, 6.07) is 16.2. The number of nitrogens with zero attached hydrogens (tertiary/aromatic N) is 4. The number of rotatable bonds is 7. The fourth-order valence-corrected chi connectivity index (χ4v) is 3.52. The first-order valence-corrected chi connectivity index (χ1v) is 12.7. The van der Waals surface area contributed by atoms with Gasteiger partial charge in [0, 0.05) is 30.7 Å². The maximum absolute atomic E-state index is 11.5. The van der Waals surface area contributed by atoms with Crippen molar-refractivity contribution in [2.75, 3.05) is 23.9 Å². The Morgan fingerprint density at radius 3 is 2.29 bits per heavy atom. The van der Waals surface area contributed by atoms with Crippen LogP contribution in [0.2, 0.25) is 0 Å². The topological polar surface area (TPSA) is 157 Å². The lowest BCUT2D eigenvalue weighted by Crippen LogP contribution is -2.03. The van der Waals surface area contributed by atoms with Crippen LogP contribution in [-0.2, 0) is 16.3 Å². The zero-order valence-electron chi connectivity index (χ0n) is 19.7. The van der Waals surface area contributed by atoms with E-state index in [-0.39, 0.29) is 35.1 Å². The Bertz CT molecular complexity index is 1340. The van der Waals surface area contributed by atoms with Crippen molar-refractivity contribution < 1.29 is 17.9 Å². The second-order valence-electron chi connectivity index (χ2n) is 7.97. The average molecular weight is 497 g/mol. The third-order valence-electron chi connectivity index (χ3n) is 4.77. The summed E-state index contributed by atoms with van der Waals surface area (Å²) in [7, 11) is -3.24. The van der Waals surface area contributed by atoms with Crippen molar-refractivity contribution in [2.45, 2.75) is 31.1 Å². The third kappa shape index (κ3) is 7.33. The molecule has 0 saturated carbocycles. The van der Waals surface area contributed by atoms with Gasteiger partial charge in [-0.3, -0.25) is 0 Å². The molecule has 2 aromatic heterocycles. The molecule has 0 saturated heterocycles. The summed E-state index contributed by atoms with van der Waals surface area (Å²) in [4.78, 5) is 8.60. The summed E-state index contributed by atoms with van der Waals surface area (Å²) in [6.07, 6.45) is 3.41. The molecule has 0 radical (unpaired) electrons. The smallest absolute Gasteiger partial charge is 0.253 e. The number of benzene rings is 2. The average Bonchev–Trinajstić information content (AvgIpc) is 3.31. The maximum atomic E-state index is 11.5. The number of nitrogen functional groups attached to an aromatic ring is 1. The lowest BCUT2D eigenvalue weighted by atomic mass is 10.2. The van der Waals surface area contributed by atoms with Crippen molar-refractivity contribution in [3.8, 4) is 11.5 Å². The molecule has 4 aromatic rings. The van der Waals surface area contributed by atoms with Gasteiger partial charge in [-0.25, -0.2) is 13.4 Å². The van der Waals surface area contributed by atoms with E-state index in [0.717, 1.165) is 12.7 Å². The van der Waals surface area contributed by atoms with Gasteiger partial charge in [0.05, 0.1) is 10.5 Å². The third-order valence-corrected chi connectivity index (χ3v) is 5.89. The number of nitrogens with one attached hydrogen (secondary N) is 1. The standard InChI is InChI=1S/C16H18N6O3S.C8H10O/c1-9(2)14-21-22-15(25-14)12-8-18-16(20-13(12)17)19-10-4-6-11(7-5-10)26(3,23)24;9-7-6-8-4-2-1-3-5-8/h4-9H,1-3H3,(H3,17,18,19,20);1-5,9H,6-7H2. The van der Waals surface area contributed by atoms with E-state index in [4.69, 9.17) is 15.3 Å². The van der Waals surface area contributed by atoms with Crippen LogP contribution < -0.4 is 11.1 Å². The zero-order valence-corrected chi connectivity index (χ0v) is 20.5. The van der Waals surface area contributed by atoms with Gasteiger partial charge in [-0.15, -0.1) is 10.2 Å². The van der Waals surface area contributed by atoms with Crippen LogP contribution in [-0.4, -0.2) is 46.6 Å². The minimum absolute atomic E-state index is 0.106. The Hall–Kier alpha value is -3.83. The molecule has 0 spiro atoms. The number of hydrogen-bond donors (Lipinski definition) is 3. The summed E-state index contributed by atoms with van der Waals surface area (Å²) < 4.78 is 28.5. The number of hydrogen-bond acceptors (Lipinski definition) is 10. The van der Waals surface area contributed by atoms with E-state index in [1.807, 2.05) is 44.2 Å². The highest BCUT2D eigenvalue weighted by atomic mass is 32.2. The Morgan fingerprint density at radius 2 is 1.74 bits per heavy atom. The summed E-state index contributed by atoms with van der Waals surface area (Å²) in [5, 5.41) is 19.4. The van der Waals surface area contributed by atoms with E-state index in [9.17, 15) is 8.42 Å². The molecule has 2 heterocycles. The van der Waals surface area contributed by atoms with Gasteiger partial charge in [-0.1, -0.05) is 44.2 Å². The second kappa shape index (κ2) is 11.5.